The zero-order valence-electron chi connectivity index (χ0n) is 17.8. The second-order valence-electron chi connectivity index (χ2n) is 7.31. The van der Waals surface area contributed by atoms with E-state index < -0.39 is 5.97 Å². The quantitative estimate of drug-likeness (QED) is 0.397. The lowest BCUT2D eigenvalue weighted by molar-refractivity contribution is 0.0469. The number of rotatable bonds is 8. The van der Waals surface area contributed by atoms with E-state index in [0.29, 0.717) is 11.1 Å². The third-order valence-corrected chi connectivity index (χ3v) is 5.03. The predicted octanol–water partition coefficient (Wildman–Crippen LogP) is 4.74. The van der Waals surface area contributed by atoms with Crippen molar-refractivity contribution in [1.82, 2.24) is 0 Å². The fraction of sp³-hybridized carbons (Fsp3) is 0.111. The lowest BCUT2D eigenvalue weighted by Crippen LogP contribution is -2.10. The molecule has 0 aliphatic heterocycles. The minimum absolute atomic E-state index is 0.0599. The van der Waals surface area contributed by atoms with Crippen LogP contribution in [0, 0.1) is 0 Å². The minimum atomic E-state index is -0.551. The highest BCUT2D eigenvalue weighted by Gasteiger charge is 2.18. The van der Waals surface area contributed by atoms with Crippen LogP contribution in [-0.4, -0.2) is 11.1 Å². The highest BCUT2D eigenvalue weighted by atomic mass is 16.5. The van der Waals surface area contributed by atoms with Gasteiger partial charge in [-0.3, -0.25) is 4.79 Å². The molecule has 1 heterocycles. The second-order valence-corrected chi connectivity index (χ2v) is 7.31. The molecule has 0 fully saturated rings. The normalized spacial score (nSPS) is 10.6. The van der Waals surface area contributed by atoms with Crippen molar-refractivity contribution in [1.29, 1.82) is 0 Å². The molecule has 4 rings (SSSR count). The van der Waals surface area contributed by atoms with Crippen LogP contribution in [0.5, 0.6) is 5.75 Å². The van der Waals surface area contributed by atoms with Crippen LogP contribution in [0.1, 0.15) is 27.0 Å². The van der Waals surface area contributed by atoms with Gasteiger partial charge in [0.05, 0.1) is 18.4 Å². The summed E-state index contributed by atoms with van der Waals surface area (Å²) in [7, 11) is 0. The van der Waals surface area contributed by atoms with Gasteiger partial charge < -0.3 is 19.0 Å². The average Bonchev–Trinajstić information content (AvgIpc) is 2.87. The van der Waals surface area contributed by atoms with Crippen LogP contribution in [0.15, 0.2) is 100 Å². The topological polar surface area (TPSA) is 86.0 Å². The number of carbonyl (C=O) groups is 1. The lowest BCUT2D eigenvalue weighted by atomic mass is 10.0. The predicted molar refractivity (Wildman–Crippen MR) is 123 cm³/mol. The van der Waals surface area contributed by atoms with Gasteiger partial charge in [-0.05, 0) is 28.8 Å². The summed E-state index contributed by atoms with van der Waals surface area (Å²) in [6, 6.07) is 24.8. The Labute approximate surface area is 190 Å². The Morgan fingerprint density at radius 1 is 0.848 bits per heavy atom. The molecule has 33 heavy (non-hydrogen) atoms. The molecule has 0 atom stereocenters. The first-order valence-corrected chi connectivity index (χ1v) is 10.4. The van der Waals surface area contributed by atoms with Crippen molar-refractivity contribution in [2.24, 2.45) is 0 Å². The van der Waals surface area contributed by atoms with Gasteiger partial charge in [0.1, 0.15) is 13.2 Å². The van der Waals surface area contributed by atoms with Crippen LogP contribution >= 0.6 is 0 Å². The van der Waals surface area contributed by atoms with Gasteiger partial charge in [-0.1, -0.05) is 66.7 Å². The van der Waals surface area contributed by atoms with E-state index in [9.17, 15) is 14.7 Å². The van der Waals surface area contributed by atoms with Gasteiger partial charge in [0.2, 0.25) is 11.2 Å². The molecule has 0 amide bonds. The largest absolute Gasteiger partial charge is 0.481 e. The summed E-state index contributed by atoms with van der Waals surface area (Å²) < 4.78 is 16.8. The van der Waals surface area contributed by atoms with Crippen molar-refractivity contribution in [3.05, 3.63) is 124 Å². The highest BCUT2D eigenvalue weighted by molar-refractivity contribution is 5.92. The van der Waals surface area contributed by atoms with Gasteiger partial charge in [0.15, 0.2) is 5.76 Å². The van der Waals surface area contributed by atoms with Gasteiger partial charge in [-0.15, -0.1) is 0 Å². The van der Waals surface area contributed by atoms with Crippen molar-refractivity contribution < 1.29 is 23.8 Å². The number of hydrogen-bond donors (Lipinski definition) is 1. The maximum atomic E-state index is 12.6. The molecule has 0 aliphatic carbocycles. The van der Waals surface area contributed by atoms with Crippen LogP contribution in [0.4, 0.5) is 0 Å². The van der Waals surface area contributed by atoms with E-state index in [1.165, 1.54) is 12.3 Å². The molecule has 166 valence electrons. The van der Waals surface area contributed by atoms with Gasteiger partial charge in [-0.25, -0.2) is 4.79 Å². The first-order chi connectivity index (χ1) is 16.2. The molecule has 1 aromatic heterocycles. The van der Waals surface area contributed by atoms with Crippen LogP contribution in [0.3, 0.4) is 0 Å². The number of benzene rings is 3. The maximum Gasteiger partial charge on any atom is 0.338 e. The minimum Gasteiger partial charge on any atom is -0.481 e. The summed E-state index contributed by atoms with van der Waals surface area (Å²) in [4.78, 5) is 25.1. The third-order valence-electron chi connectivity index (χ3n) is 5.03. The molecular weight excluding hydrogens is 420 g/mol. The molecule has 0 unspecified atom stereocenters. The standard InChI is InChI=1S/C27H22O6/c28-16-22-15-21(11-12-23(22)27(30)33-18-20-9-5-2-6-10-20)25-26(24(29)13-14-31-25)32-17-19-7-3-1-4-8-19/h1-15,28H,16-18H2. The van der Waals surface area contributed by atoms with E-state index in [0.717, 1.165) is 11.1 Å². The van der Waals surface area contributed by atoms with Crippen molar-refractivity contribution >= 4 is 5.97 Å². The zero-order chi connectivity index (χ0) is 23.0. The number of carbonyl (C=O) groups excluding carboxylic acids is 1. The van der Waals surface area contributed by atoms with E-state index in [1.54, 1.807) is 18.2 Å². The van der Waals surface area contributed by atoms with E-state index in [-0.39, 0.29) is 42.3 Å². The fourth-order valence-corrected chi connectivity index (χ4v) is 3.34. The van der Waals surface area contributed by atoms with Crippen molar-refractivity contribution in [2.45, 2.75) is 19.8 Å². The molecule has 4 aromatic rings. The maximum absolute atomic E-state index is 12.6. The fourth-order valence-electron chi connectivity index (χ4n) is 3.34. The SMILES string of the molecule is O=C(OCc1ccccc1)c1ccc(-c2occc(=O)c2OCc2ccccc2)cc1CO. The summed E-state index contributed by atoms with van der Waals surface area (Å²) >= 11 is 0. The summed E-state index contributed by atoms with van der Waals surface area (Å²) in [5, 5.41) is 9.87. The molecule has 0 saturated heterocycles. The van der Waals surface area contributed by atoms with Crippen LogP contribution < -0.4 is 10.2 Å². The van der Waals surface area contributed by atoms with E-state index in [2.05, 4.69) is 0 Å². The summed E-state index contributed by atoms with van der Waals surface area (Å²) in [5.74, 6) is -0.272. The Morgan fingerprint density at radius 2 is 1.52 bits per heavy atom. The average molecular weight is 442 g/mol. The van der Waals surface area contributed by atoms with Gasteiger partial charge in [0, 0.05) is 11.6 Å². The smallest absolute Gasteiger partial charge is 0.338 e. The Balaban J connectivity index is 1.58. The lowest BCUT2D eigenvalue weighted by Gasteiger charge is -2.12. The Bertz CT molecular complexity index is 1280. The Hall–Kier alpha value is -4.16. The molecule has 0 bridgehead atoms. The molecule has 0 spiro atoms. The molecule has 3 aromatic carbocycles. The molecule has 0 radical (unpaired) electrons. The van der Waals surface area contributed by atoms with Crippen LogP contribution in [0.2, 0.25) is 0 Å². The second kappa shape index (κ2) is 10.4. The first kappa shape index (κ1) is 22.0. The zero-order valence-corrected chi connectivity index (χ0v) is 17.8. The monoisotopic (exact) mass is 442 g/mol. The molecular formula is C27H22O6. The number of ether oxygens (including phenoxy) is 2. The van der Waals surface area contributed by atoms with Gasteiger partial charge in [0.25, 0.3) is 0 Å². The van der Waals surface area contributed by atoms with Crippen molar-refractivity contribution in [2.75, 3.05) is 0 Å². The number of aliphatic hydroxyl groups excluding tert-OH is 1. The molecule has 6 nitrogen and oxygen atoms in total. The first-order valence-electron chi connectivity index (χ1n) is 10.4. The van der Waals surface area contributed by atoms with Gasteiger partial charge >= 0.3 is 5.97 Å². The summed E-state index contributed by atoms with van der Waals surface area (Å²) in [5.41, 5.74) is 2.52. The molecule has 6 heteroatoms. The van der Waals surface area contributed by atoms with Crippen molar-refractivity contribution in [3.63, 3.8) is 0 Å². The van der Waals surface area contributed by atoms with Crippen LogP contribution in [0.25, 0.3) is 11.3 Å². The molecule has 0 aliphatic rings. The summed E-state index contributed by atoms with van der Waals surface area (Å²) in [6.07, 6.45) is 1.29. The number of esters is 1. The number of hydrogen-bond acceptors (Lipinski definition) is 6. The highest BCUT2D eigenvalue weighted by Crippen LogP contribution is 2.30. The van der Waals surface area contributed by atoms with Gasteiger partial charge in [-0.2, -0.15) is 0 Å². The van der Waals surface area contributed by atoms with E-state index >= 15 is 0 Å². The van der Waals surface area contributed by atoms with E-state index in [4.69, 9.17) is 13.9 Å². The Kier molecular flexibility index (Phi) is 6.97. The van der Waals surface area contributed by atoms with Crippen molar-refractivity contribution in [3.8, 4) is 17.1 Å². The number of aliphatic hydroxyl groups is 1. The summed E-state index contributed by atoms with van der Waals surface area (Å²) in [6.45, 7) is -0.0718. The molecule has 1 N–H and O–H groups in total. The van der Waals surface area contributed by atoms with Crippen LogP contribution in [-0.2, 0) is 24.6 Å². The third kappa shape index (κ3) is 5.37. The molecule has 0 saturated carbocycles. The Morgan fingerprint density at radius 3 is 2.18 bits per heavy atom. The van der Waals surface area contributed by atoms with E-state index in [1.807, 2.05) is 60.7 Å².